The van der Waals surface area contributed by atoms with Crippen LogP contribution in [0.4, 0.5) is 0 Å². The van der Waals surface area contributed by atoms with Crippen LogP contribution in [-0.2, 0) is 42.5 Å². The number of benzene rings is 2. The van der Waals surface area contributed by atoms with E-state index in [-0.39, 0.29) is 32.7 Å². The van der Waals surface area contributed by atoms with Crippen molar-refractivity contribution < 1.29 is 41.1 Å². The molecule has 0 spiro atoms. The van der Waals surface area contributed by atoms with Gasteiger partial charge in [-0.1, -0.05) is 18.2 Å². The van der Waals surface area contributed by atoms with Crippen molar-refractivity contribution in [1.29, 1.82) is 0 Å². The van der Waals surface area contributed by atoms with Crippen molar-refractivity contribution in [2.45, 2.75) is 9.79 Å². The van der Waals surface area contributed by atoms with Crippen LogP contribution in [0.1, 0.15) is 0 Å². The molecule has 16 heavy (non-hydrogen) atoms. The molecular formula is C12H9O2SY-. The molecule has 0 saturated heterocycles. The standard InChI is InChI=1S/C12H9O2S.Y/c13-15(14,11-7-3-1-4-8-11)12-9-5-2-6-10-12;/h1,3-10H;/q-1;. The summed E-state index contributed by atoms with van der Waals surface area (Å²) in [6.45, 7) is 0. The second kappa shape index (κ2) is 5.71. The first-order chi connectivity index (χ1) is 7.21. The van der Waals surface area contributed by atoms with Gasteiger partial charge < -0.3 is 0 Å². The molecule has 0 fully saturated rings. The van der Waals surface area contributed by atoms with Crippen LogP contribution in [-0.4, -0.2) is 8.42 Å². The van der Waals surface area contributed by atoms with E-state index in [2.05, 4.69) is 6.07 Å². The number of rotatable bonds is 2. The summed E-state index contributed by atoms with van der Waals surface area (Å²) in [7, 11) is -3.36. The van der Waals surface area contributed by atoms with E-state index < -0.39 is 9.84 Å². The minimum atomic E-state index is -3.36. The van der Waals surface area contributed by atoms with Crippen molar-refractivity contribution in [3.8, 4) is 0 Å². The largest absolute Gasteiger partial charge is 0.221 e. The van der Waals surface area contributed by atoms with E-state index in [1.807, 2.05) is 0 Å². The van der Waals surface area contributed by atoms with Crippen molar-refractivity contribution in [3.05, 3.63) is 60.7 Å². The third kappa shape index (κ3) is 2.79. The molecular weight excluding hydrogens is 297 g/mol. The van der Waals surface area contributed by atoms with Gasteiger partial charge in [-0.3, -0.25) is 0 Å². The van der Waals surface area contributed by atoms with Crippen LogP contribution >= 0.6 is 0 Å². The Labute approximate surface area is 120 Å². The summed E-state index contributed by atoms with van der Waals surface area (Å²) >= 11 is 0. The molecule has 0 aliphatic rings. The summed E-state index contributed by atoms with van der Waals surface area (Å²) in [5.41, 5.74) is 0. The van der Waals surface area contributed by atoms with E-state index in [4.69, 9.17) is 0 Å². The summed E-state index contributed by atoms with van der Waals surface area (Å²) in [5.74, 6) is 0. The van der Waals surface area contributed by atoms with Crippen molar-refractivity contribution in [1.82, 2.24) is 0 Å². The van der Waals surface area contributed by atoms with E-state index in [0.29, 0.717) is 9.79 Å². The molecule has 2 aromatic rings. The average Bonchev–Trinajstić information content (AvgIpc) is 2.31. The van der Waals surface area contributed by atoms with E-state index in [9.17, 15) is 8.42 Å². The fourth-order valence-electron chi connectivity index (χ4n) is 1.29. The maximum Gasteiger partial charge on any atom is 0.184 e. The predicted octanol–water partition coefficient (Wildman–Crippen LogP) is 2.32. The molecule has 4 heteroatoms. The molecule has 0 atom stereocenters. The van der Waals surface area contributed by atoms with Crippen LogP contribution in [0.5, 0.6) is 0 Å². The van der Waals surface area contributed by atoms with Crippen LogP contribution < -0.4 is 0 Å². The molecule has 0 saturated carbocycles. The van der Waals surface area contributed by atoms with Crippen LogP contribution in [0.15, 0.2) is 64.4 Å². The first-order valence-electron chi connectivity index (χ1n) is 4.47. The van der Waals surface area contributed by atoms with Crippen LogP contribution in [0.25, 0.3) is 0 Å². The first kappa shape index (κ1) is 13.6. The fraction of sp³-hybridized carbons (Fsp3) is 0. The third-order valence-corrected chi connectivity index (χ3v) is 3.84. The molecule has 2 rings (SSSR count). The Morgan fingerprint density at radius 1 is 0.812 bits per heavy atom. The summed E-state index contributed by atoms with van der Waals surface area (Å²) in [5, 5.41) is 0. The molecule has 1 radical (unpaired) electrons. The summed E-state index contributed by atoms with van der Waals surface area (Å²) in [6.07, 6.45) is 0. The summed E-state index contributed by atoms with van der Waals surface area (Å²) < 4.78 is 24.0. The Bertz CT molecular complexity index is 490. The van der Waals surface area contributed by atoms with Crippen LogP contribution in [0.3, 0.4) is 0 Å². The minimum Gasteiger partial charge on any atom is -0.221 e. The van der Waals surface area contributed by atoms with E-state index in [1.54, 1.807) is 54.6 Å². The number of hydrogen-bond acceptors (Lipinski definition) is 2. The molecule has 2 aromatic carbocycles. The molecule has 0 aliphatic carbocycles. The quantitative estimate of drug-likeness (QED) is 0.798. The maximum absolute atomic E-state index is 12.0. The fourth-order valence-corrected chi connectivity index (χ4v) is 2.57. The van der Waals surface area contributed by atoms with Crippen molar-refractivity contribution in [3.63, 3.8) is 0 Å². The average molecular weight is 306 g/mol. The van der Waals surface area contributed by atoms with Crippen LogP contribution in [0.2, 0.25) is 0 Å². The Hall–Kier alpha value is -0.506. The molecule has 0 unspecified atom stereocenters. The van der Waals surface area contributed by atoms with E-state index >= 15 is 0 Å². The van der Waals surface area contributed by atoms with Gasteiger partial charge in [0.2, 0.25) is 0 Å². The summed E-state index contributed by atoms with van der Waals surface area (Å²) in [6, 6.07) is 17.5. The number of hydrogen-bond donors (Lipinski definition) is 0. The van der Waals surface area contributed by atoms with Gasteiger partial charge in [0.05, 0.1) is 4.90 Å². The molecule has 0 heterocycles. The normalized spacial score (nSPS) is 10.5. The smallest absolute Gasteiger partial charge is 0.184 e. The van der Waals surface area contributed by atoms with Crippen molar-refractivity contribution in [2.75, 3.05) is 0 Å². The zero-order valence-electron chi connectivity index (χ0n) is 8.50. The Morgan fingerprint density at radius 2 is 1.31 bits per heavy atom. The molecule has 0 aromatic heterocycles. The molecule has 0 N–H and O–H groups in total. The van der Waals surface area contributed by atoms with Gasteiger partial charge in [-0.15, -0.1) is 0 Å². The van der Waals surface area contributed by atoms with E-state index in [0.717, 1.165) is 0 Å². The van der Waals surface area contributed by atoms with Gasteiger partial charge in [0, 0.05) is 32.7 Å². The van der Waals surface area contributed by atoms with Gasteiger partial charge in [-0.05, 0) is 17.0 Å². The van der Waals surface area contributed by atoms with Gasteiger partial charge >= 0.3 is 0 Å². The summed E-state index contributed by atoms with van der Waals surface area (Å²) in [4.78, 5) is 0.614. The number of sulfone groups is 1. The van der Waals surface area contributed by atoms with Gasteiger partial charge in [0.15, 0.2) is 9.84 Å². The second-order valence-corrected chi connectivity index (χ2v) is 5.00. The molecule has 2 nitrogen and oxygen atoms in total. The predicted molar refractivity (Wildman–Crippen MR) is 57.2 cm³/mol. The molecule has 0 aliphatic heterocycles. The SMILES string of the molecule is O=S(=O)(c1cc[c-]cc1)c1ccccc1.[Y]. The molecule has 0 bridgehead atoms. The van der Waals surface area contributed by atoms with Crippen molar-refractivity contribution >= 4 is 9.84 Å². The molecule has 79 valence electrons. The third-order valence-electron chi connectivity index (χ3n) is 2.05. The Balaban J connectivity index is 0.00000128. The van der Waals surface area contributed by atoms with Crippen LogP contribution in [0, 0.1) is 6.07 Å². The zero-order valence-corrected chi connectivity index (χ0v) is 12.2. The first-order valence-corrected chi connectivity index (χ1v) is 5.96. The topological polar surface area (TPSA) is 34.1 Å². The van der Waals surface area contributed by atoms with Crippen molar-refractivity contribution in [2.24, 2.45) is 0 Å². The van der Waals surface area contributed by atoms with Gasteiger partial charge in [-0.25, -0.2) is 8.42 Å². The Kier molecular flexibility index (Phi) is 4.84. The zero-order chi connectivity index (χ0) is 10.7. The maximum atomic E-state index is 12.0. The monoisotopic (exact) mass is 306 g/mol. The van der Waals surface area contributed by atoms with Gasteiger partial charge in [0.1, 0.15) is 0 Å². The Morgan fingerprint density at radius 3 is 1.88 bits per heavy atom. The van der Waals surface area contributed by atoms with Gasteiger partial charge in [-0.2, -0.15) is 30.3 Å². The van der Waals surface area contributed by atoms with Gasteiger partial charge in [0.25, 0.3) is 0 Å². The second-order valence-electron chi connectivity index (χ2n) is 3.05. The minimum absolute atomic E-state index is 0. The molecule has 0 amide bonds. The van der Waals surface area contributed by atoms with E-state index in [1.165, 1.54) is 0 Å².